The lowest BCUT2D eigenvalue weighted by Crippen LogP contribution is -2.38. The Kier molecular flexibility index (Phi) is 9.60. The quantitative estimate of drug-likeness (QED) is 0.348. The van der Waals surface area contributed by atoms with E-state index in [-0.39, 0.29) is 23.3 Å². The van der Waals surface area contributed by atoms with Crippen molar-refractivity contribution in [2.45, 2.75) is 31.7 Å². The molecular formula is C23H23F6N3O4S. The fourth-order valence-corrected chi connectivity index (χ4v) is 4.91. The van der Waals surface area contributed by atoms with Gasteiger partial charge in [-0.3, -0.25) is 13.8 Å². The van der Waals surface area contributed by atoms with Crippen LogP contribution in [0.25, 0.3) is 0 Å². The van der Waals surface area contributed by atoms with Crippen LogP contribution in [0.1, 0.15) is 29.5 Å². The summed E-state index contributed by atoms with van der Waals surface area (Å²) in [6.07, 6.45) is -9.14. The smallest absolute Gasteiger partial charge is 0.412 e. The van der Waals surface area contributed by atoms with Crippen molar-refractivity contribution in [1.29, 1.82) is 0 Å². The standard InChI is InChI=1S/C23H21F6N3O3S.H2O/c24-22(25,26)17-2-1-3-18(12-17)32(20(33)16-8-10-36(35)11-9-16)13-14-4-6-15(7-5-14)19(30)31-21(34)23(27,28)29;/h1-7,12,16H,8-11,13H2,(H2,30,31,34);1H2. The number of hydrogen-bond donors (Lipinski definition) is 1. The van der Waals surface area contributed by atoms with E-state index >= 15 is 0 Å². The van der Waals surface area contributed by atoms with Crippen LogP contribution in [0.4, 0.5) is 32.0 Å². The van der Waals surface area contributed by atoms with Gasteiger partial charge in [-0.25, -0.2) is 0 Å². The van der Waals surface area contributed by atoms with Crippen molar-refractivity contribution in [2.24, 2.45) is 16.6 Å². The third kappa shape index (κ3) is 7.86. The van der Waals surface area contributed by atoms with Gasteiger partial charge in [-0.05, 0) is 36.6 Å². The van der Waals surface area contributed by atoms with Crippen LogP contribution >= 0.6 is 0 Å². The number of anilines is 1. The van der Waals surface area contributed by atoms with Crippen molar-refractivity contribution < 1.29 is 45.6 Å². The molecule has 7 nitrogen and oxygen atoms in total. The molecule has 1 fully saturated rings. The van der Waals surface area contributed by atoms with Gasteiger partial charge in [0, 0.05) is 39.5 Å². The van der Waals surface area contributed by atoms with Crippen LogP contribution in [0.2, 0.25) is 0 Å². The molecule has 2 aromatic rings. The van der Waals surface area contributed by atoms with Crippen molar-refractivity contribution in [3.63, 3.8) is 0 Å². The number of hydrogen-bond acceptors (Lipinski definition) is 3. The molecule has 0 aromatic heterocycles. The van der Waals surface area contributed by atoms with E-state index in [0.717, 1.165) is 12.1 Å². The zero-order valence-corrected chi connectivity index (χ0v) is 19.9. The van der Waals surface area contributed by atoms with E-state index in [2.05, 4.69) is 4.99 Å². The van der Waals surface area contributed by atoms with Crippen molar-refractivity contribution in [3.8, 4) is 0 Å². The van der Waals surface area contributed by atoms with E-state index in [4.69, 9.17) is 5.73 Å². The molecule has 0 bridgehead atoms. The SMILES string of the molecule is NC(=NC(=O)C(F)(F)F)c1ccc(CN(C(=O)C2CCS(=O)CC2)c2cccc(C(F)(F)F)c2)cc1.O. The maximum absolute atomic E-state index is 13.3. The number of aliphatic imine (C=N–C) groups is 1. The molecule has 0 unspecified atom stereocenters. The topological polar surface area (TPSA) is 124 Å². The largest absolute Gasteiger partial charge is 0.473 e. The molecule has 14 heteroatoms. The average molecular weight is 552 g/mol. The number of amides is 2. The van der Waals surface area contributed by atoms with Gasteiger partial charge < -0.3 is 16.1 Å². The molecule has 2 aromatic carbocycles. The lowest BCUT2D eigenvalue weighted by Gasteiger charge is -2.30. The molecule has 1 aliphatic rings. The first kappa shape index (κ1) is 30.0. The first-order chi connectivity index (χ1) is 16.8. The molecule has 2 amide bonds. The Labute approximate surface area is 210 Å². The summed E-state index contributed by atoms with van der Waals surface area (Å²) in [6, 6.07) is 9.71. The first-order valence-electron chi connectivity index (χ1n) is 10.6. The molecule has 37 heavy (non-hydrogen) atoms. The monoisotopic (exact) mass is 551 g/mol. The summed E-state index contributed by atoms with van der Waals surface area (Å²) < 4.78 is 88.8. The predicted molar refractivity (Wildman–Crippen MR) is 125 cm³/mol. The van der Waals surface area contributed by atoms with Crippen molar-refractivity contribution in [1.82, 2.24) is 0 Å². The molecule has 1 aliphatic heterocycles. The molecule has 0 aliphatic carbocycles. The van der Waals surface area contributed by atoms with Crippen molar-refractivity contribution in [3.05, 3.63) is 65.2 Å². The number of alkyl halides is 6. The van der Waals surface area contributed by atoms with Crippen LogP contribution in [0.3, 0.4) is 0 Å². The van der Waals surface area contributed by atoms with Crippen LogP contribution in [0.5, 0.6) is 0 Å². The molecule has 1 saturated heterocycles. The van der Waals surface area contributed by atoms with Crippen LogP contribution in [-0.4, -0.2) is 45.0 Å². The van der Waals surface area contributed by atoms with E-state index in [0.29, 0.717) is 29.9 Å². The highest BCUT2D eigenvalue weighted by atomic mass is 32.2. The summed E-state index contributed by atoms with van der Waals surface area (Å²) in [5.41, 5.74) is 5.02. The lowest BCUT2D eigenvalue weighted by molar-refractivity contribution is -0.169. The Morgan fingerprint density at radius 3 is 2.14 bits per heavy atom. The van der Waals surface area contributed by atoms with Gasteiger partial charge in [0.15, 0.2) is 0 Å². The zero-order valence-electron chi connectivity index (χ0n) is 19.1. The normalized spacial score (nSPS) is 18.6. The van der Waals surface area contributed by atoms with Gasteiger partial charge >= 0.3 is 18.3 Å². The lowest BCUT2D eigenvalue weighted by atomic mass is 9.99. The van der Waals surface area contributed by atoms with Gasteiger partial charge in [0.2, 0.25) is 5.91 Å². The number of nitrogens with zero attached hydrogens (tertiary/aromatic N) is 2. The molecule has 0 radical (unpaired) electrons. The number of benzene rings is 2. The zero-order chi connectivity index (χ0) is 26.7. The number of nitrogens with two attached hydrogens (primary N) is 1. The second-order valence-corrected chi connectivity index (χ2v) is 9.79. The van der Waals surface area contributed by atoms with E-state index in [1.54, 1.807) is 0 Å². The molecule has 0 spiro atoms. The highest BCUT2D eigenvalue weighted by Gasteiger charge is 2.39. The Hall–Kier alpha value is -3.26. The molecule has 0 saturated carbocycles. The number of rotatable bonds is 5. The predicted octanol–water partition coefficient (Wildman–Crippen LogP) is 3.37. The summed E-state index contributed by atoms with van der Waals surface area (Å²) in [5.74, 6) is -3.34. The summed E-state index contributed by atoms with van der Waals surface area (Å²) in [6.45, 7) is -0.140. The van der Waals surface area contributed by atoms with Gasteiger partial charge in [-0.15, -0.1) is 0 Å². The third-order valence-electron chi connectivity index (χ3n) is 5.54. The molecule has 0 atom stereocenters. The van der Waals surface area contributed by atoms with Gasteiger partial charge in [0.25, 0.3) is 0 Å². The van der Waals surface area contributed by atoms with Gasteiger partial charge in [0.1, 0.15) is 5.84 Å². The van der Waals surface area contributed by atoms with E-state index in [1.165, 1.54) is 41.3 Å². The van der Waals surface area contributed by atoms with Crippen LogP contribution in [-0.2, 0) is 33.1 Å². The number of amidine groups is 1. The maximum Gasteiger partial charge on any atom is 0.473 e. The minimum absolute atomic E-state index is 0. The van der Waals surface area contributed by atoms with Crippen molar-refractivity contribution in [2.75, 3.05) is 16.4 Å². The van der Waals surface area contributed by atoms with Gasteiger partial charge in [-0.1, -0.05) is 30.3 Å². The van der Waals surface area contributed by atoms with Crippen LogP contribution in [0, 0.1) is 5.92 Å². The van der Waals surface area contributed by atoms with Crippen LogP contribution in [0.15, 0.2) is 53.5 Å². The summed E-state index contributed by atoms with van der Waals surface area (Å²) in [4.78, 5) is 28.4. The van der Waals surface area contributed by atoms with E-state index in [1.807, 2.05) is 0 Å². The summed E-state index contributed by atoms with van der Waals surface area (Å²) >= 11 is 0. The molecule has 3 rings (SSSR count). The Morgan fingerprint density at radius 1 is 1.00 bits per heavy atom. The first-order valence-corrected chi connectivity index (χ1v) is 12.1. The molecule has 202 valence electrons. The molecular weight excluding hydrogens is 528 g/mol. The number of carbonyl (C=O) groups is 2. The van der Waals surface area contributed by atoms with E-state index < -0.39 is 52.3 Å². The summed E-state index contributed by atoms with van der Waals surface area (Å²) in [7, 11) is -1.04. The minimum Gasteiger partial charge on any atom is -0.412 e. The second-order valence-electron chi connectivity index (χ2n) is 8.09. The minimum atomic E-state index is -5.18. The molecule has 4 N–H and O–H groups in total. The maximum atomic E-state index is 13.3. The number of halogens is 6. The highest BCUT2D eigenvalue weighted by Crippen LogP contribution is 2.33. The Balaban J connectivity index is 0.00000481. The van der Waals surface area contributed by atoms with Gasteiger partial charge in [-0.2, -0.15) is 31.3 Å². The van der Waals surface area contributed by atoms with Gasteiger partial charge in [0.05, 0.1) is 12.1 Å². The second kappa shape index (κ2) is 11.9. The van der Waals surface area contributed by atoms with Crippen LogP contribution < -0.4 is 10.6 Å². The average Bonchev–Trinajstić information content (AvgIpc) is 2.82. The highest BCUT2D eigenvalue weighted by molar-refractivity contribution is 7.85. The Bertz CT molecular complexity index is 1170. The summed E-state index contributed by atoms with van der Waals surface area (Å²) in [5, 5.41) is 0. The van der Waals surface area contributed by atoms with Crippen molar-refractivity contribution >= 4 is 34.1 Å². The third-order valence-corrected chi connectivity index (χ3v) is 6.93. The number of carbonyl (C=O) groups excluding carboxylic acids is 2. The fourth-order valence-electron chi connectivity index (χ4n) is 3.61. The van der Waals surface area contributed by atoms with E-state index in [9.17, 15) is 40.1 Å². The molecule has 1 heterocycles. The fraction of sp³-hybridized carbons (Fsp3) is 0.348. The Morgan fingerprint density at radius 2 is 1.59 bits per heavy atom.